The Morgan fingerprint density at radius 1 is 1.00 bits per heavy atom. The molecule has 148 valence electrons. The van der Waals surface area contributed by atoms with Crippen LogP contribution in [0.25, 0.3) is 0 Å². The number of nitrogens with one attached hydrogen (secondary N) is 3. The Hall–Kier alpha value is -3.94. The summed E-state index contributed by atoms with van der Waals surface area (Å²) >= 11 is 0. The lowest BCUT2D eigenvalue weighted by molar-refractivity contribution is -0.114. The molecule has 29 heavy (non-hydrogen) atoms. The first-order valence-corrected chi connectivity index (χ1v) is 8.92. The van der Waals surface area contributed by atoms with Gasteiger partial charge in [-0.1, -0.05) is 24.3 Å². The second kappa shape index (κ2) is 9.32. The maximum Gasteiger partial charge on any atom is 0.271 e. The van der Waals surface area contributed by atoms with Gasteiger partial charge >= 0.3 is 0 Å². The third-order valence-electron chi connectivity index (χ3n) is 3.97. The Bertz CT molecular complexity index is 1010. The van der Waals surface area contributed by atoms with Crippen LogP contribution in [0.15, 0.2) is 60.9 Å². The molecule has 0 radical (unpaired) electrons. The molecule has 0 aliphatic rings. The van der Waals surface area contributed by atoms with Gasteiger partial charge in [-0.2, -0.15) is 0 Å². The fourth-order valence-electron chi connectivity index (χ4n) is 2.65. The first-order valence-electron chi connectivity index (χ1n) is 8.92. The number of anilines is 3. The molecule has 3 aromatic rings. The zero-order valence-corrected chi connectivity index (χ0v) is 16.1. The van der Waals surface area contributed by atoms with Crippen LogP contribution in [0, 0.1) is 0 Å². The van der Waals surface area contributed by atoms with Crippen LogP contribution in [0.2, 0.25) is 0 Å². The number of ether oxygens (including phenoxy) is 1. The number of hydrogen-bond acceptors (Lipinski definition) is 6. The van der Waals surface area contributed by atoms with Crippen molar-refractivity contribution >= 4 is 29.0 Å². The molecule has 1 aromatic heterocycles. The van der Waals surface area contributed by atoms with E-state index in [0.29, 0.717) is 23.8 Å². The van der Waals surface area contributed by atoms with Crippen LogP contribution in [0.3, 0.4) is 0 Å². The first kappa shape index (κ1) is 19.8. The second-order valence-corrected chi connectivity index (χ2v) is 6.17. The fraction of sp³-hybridized carbons (Fsp3) is 0.143. The van der Waals surface area contributed by atoms with Crippen LogP contribution in [0.1, 0.15) is 23.0 Å². The number of hydrogen-bond donors (Lipinski definition) is 3. The number of aromatic nitrogens is 2. The highest BCUT2D eigenvalue weighted by atomic mass is 16.5. The van der Waals surface area contributed by atoms with Crippen LogP contribution >= 0.6 is 0 Å². The summed E-state index contributed by atoms with van der Waals surface area (Å²) in [5.74, 6) is 0.708. The van der Waals surface area contributed by atoms with Crippen LogP contribution in [-0.4, -0.2) is 28.9 Å². The Labute approximate surface area is 168 Å². The lowest BCUT2D eigenvalue weighted by Gasteiger charge is -2.10. The minimum absolute atomic E-state index is 0.148. The first-order chi connectivity index (χ1) is 14.0. The highest BCUT2D eigenvalue weighted by molar-refractivity contribution is 5.92. The standard InChI is InChI=1S/C21H21N5O3/c1-14(27)25-16-7-5-8-17(10-16)26-20-13-22-18(12-23-20)21(28)24-11-15-6-3-4-9-19(15)29-2/h3-10,12-13H,11H2,1-2H3,(H,23,26)(H,24,28)(H,25,27). The van der Waals surface area contributed by atoms with Crippen LogP contribution in [0.4, 0.5) is 17.2 Å². The van der Waals surface area contributed by atoms with Gasteiger partial charge in [0.1, 0.15) is 17.3 Å². The molecular weight excluding hydrogens is 370 g/mol. The third kappa shape index (κ3) is 5.52. The van der Waals surface area contributed by atoms with Crippen molar-refractivity contribution in [2.75, 3.05) is 17.7 Å². The number of amides is 2. The summed E-state index contributed by atoms with van der Waals surface area (Å²) in [4.78, 5) is 31.9. The van der Waals surface area contributed by atoms with Gasteiger partial charge in [0.05, 0.1) is 19.5 Å². The topological polar surface area (TPSA) is 105 Å². The maximum atomic E-state index is 12.3. The summed E-state index contributed by atoms with van der Waals surface area (Å²) in [6, 6.07) is 14.7. The average molecular weight is 391 g/mol. The average Bonchev–Trinajstić information content (AvgIpc) is 2.72. The van der Waals surface area contributed by atoms with Crippen molar-refractivity contribution in [3.05, 3.63) is 72.2 Å². The van der Waals surface area contributed by atoms with Gasteiger partial charge < -0.3 is 20.7 Å². The molecule has 2 amide bonds. The largest absolute Gasteiger partial charge is 0.496 e. The summed E-state index contributed by atoms with van der Waals surface area (Å²) in [5, 5.41) is 8.60. The highest BCUT2D eigenvalue weighted by Gasteiger charge is 2.10. The Morgan fingerprint density at radius 2 is 1.79 bits per heavy atom. The normalized spacial score (nSPS) is 10.1. The molecular formula is C21H21N5O3. The zero-order valence-electron chi connectivity index (χ0n) is 16.1. The summed E-state index contributed by atoms with van der Waals surface area (Å²) in [7, 11) is 1.59. The molecule has 0 spiro atoms. The summed E-state index contributed by atoms with van der Waals surface area (Å²) in [6.07, 6.45) is 2.88. The van der Waals surface area contributed by atoms with Crippen LogP contribution < -0.4 is 20.7 Å². The van der Waals surface area contributed by atoms with E-state index in [0.717, 1.165) is 11.3 Å². The van der Waals surface area contributed by atoms with E-state index in [2.05, 4.69) is 25.9 Å². The fourth-order valence-corrected chi connectivity index (χ4v) is 2.65. The molecule has 0 atom stereocenters. The molecule has 3 N–H and O–H groups in total. The minimum Gasteiger partial charge on any atom is -0.496 e. The van der Waals surface area contributed by atoms with Gasteiger partial charge in [-0.05, 0) is 24.3 Å². The van der Waals surface area contributed by atoms with Crippen molar-refractivity contribution in [2.24, 2.45) is 0 Å². The Morgan fingerprint density at radius 3 is 2.52 bits per heavy atom. The van der Waals surface area contributed by atoms with E-state index < -0.39 is 0 Å². The van der Waals surface area contributed by atoms with E-state index in [4.69, 9.17) is 4.74 Å². The van der Waals surface area contributed by atoms with E-state index in [1.807, 2.05) is 30.3 Å². The van der Waals surface area contributed by atoms with E-state index in [1.54, 1.807) is 25.3 Å². The number of methoxy groups -OCH3 is 1. The monoisotopic (exact) mass is 391 g/mol. The number of carbonyl (C=O) groups excluding carboxylic acids is 2. The van der Waals surface area contributed by atoms with Crippen molar-refractivity contribution in [1.29, 1.82) is 0 Å². The summed E-state index contributed by atoms with van der Waals surface area (Å²) in [5.41, 5.74) is 2.48. The van der Waals surface area contributed by atoms with Gasteiger partial charge in [0.25, 0.3) is 5.91 Å². The molecule has 2 aromatic carbocycles. The summed E-state index contributed by atoms with van der Waals surface area (Å²) < 4.78 is 5.27. The molecule has 0 saturated heterocycles. The minimum atomic E-state index is -0.331. The maximum absolute atomic E-state index is 12.3. The van der Waals surface area contributed by atoms with Gasteiger partial charge in [0.15, 0.2) is 0 Å². The van der Waals surface area contributed by atoms with Crippen LogP contribution in [0.5, 0.6) is 5.75 Å². The summed E-state index contributed by atoms with van der Waals surface area (Å²) in [6.45, 7) is 1.77. The smallest absolute Gasteiger partial charge is 0.271 e. The molecule has 0 aliphatic carbocycles. The quantitative estimate of drug-likeness (QED) is 0.572. The lowest BCUT2D eigenvalue weighted by atomic mass is 10.2. The van der Waals surface area contributed by atoms with Gasteiger partial charge in [0.2, 0.25) is 5.91 Å². The van der Waals surface area contributed by atoms with Crippen molar-refractivity contribution in [1.82, 2.24) is 15.3 Å². The highest BCUT2D eigenvalue weighted by Crippen LogP contribution is 2.19. The van der Waals surface area contributed by atoms with Gasteiger partial charge in [0, 0.05) is 30.4 Å². The molecule has 0 saturated carbocycles. The molecule has 8 heteroatoms. The van der Waals surface area contributed by atoms with Crippen molar-refractivity contribution < 1.29 is 14.3 Å². The molecule has 0 bridgehead atoms. The second-order valence-electron chi connectivity index (χ2n) is 6.17. The van der Waals surface area contributed by atoms with E-state index in [9.17, 15) is 9.59 Å². The SMILES string of the molecule is COc1ccccc1CNC(=O)c1cnc(Nc2cccc(NC(C)=O)c2)cn1. The van der Waals surface area contributed by atoms with Crippen molar-refractivity contribution in [3.8, 4) is 5.75 Å². The molecule has 0 fully saturated rings. The van der Waals surface area contributed by atoms with Crippen molar-refractivity contribution in [3.63, 3.8) is 0 Å². The lowest BCUT2D eigenvalue weighted by Crippen LogP contribution is -2.24. The van der Waals surface area contributed by atoms with Crippen molar-refractivity contribution in [2.45, 2.75) is 13.5 Å². The number of para-hydroxylation sites is 1. The number of rotatable bonds is 7. The molecule has 0 unspecified atom stereocenters. The van der Waals surface area contributed by atoms with Gasteiger partial charge in [-0.25, -0.2) is 9.97 Å². The Balaban J connectivity index is 1.61. The molecule has 8 nitrogen and oxygen atoms in total. The predicted octanol–water partition coefficient (Wildman–Crippen LogP) is 3.12. The number of carbonyl (C=O) groups is 2. The number of nitrogens with zero attached hydrogens (tertiary/aromatic N) is 2. The molecule has 0 aliphatic heterocycles. The van der Waals surface area contributed by atoms with Gasteiger partial charge in [-0.3, -0.25) is 9.59 Å². The van der Waals surface area contributed by atoms with E-state index in [1.165, 1.54) is 19.3 Å². The molecule has 1 heterocycles. The molecule has 3 rings (SSSR count). The van der Waals surface area contributed by atoms with E-state index >= 15 is 0 Å². The van der Waals surface area contributed by atoms with Gasteiger partial charge in [-0.15, -0.1) is 0 Å². The van der Waals surface area contributed by atoms with Crippen LogP contribution in [-0.2, 0) is 11.3 Å². The van der Waals surface area contributed by atoms with E-state index in [-0.39, 0.29) is 17.5 Å². The predicted molar refractivity (Wildman–Crippen MR) is 110 cm³/mol. The zero-order chi connectivity index (χ0) is 20.6. The third-order valence-corrected chi connectivity index (χ3v) is 3.97. The number of benzene rings is 2. The Kier molecular flexibility index (Phi) is 6.36.